The molecule has 1 saturated heterocycles. The number of hydrogen-bond acceptors (Lipinski definition) is 4. The van der Waals surface area contributed by atoms with Gasteiger partial charge in [-0.1, -0.05) is 0 Å². The van der Waals surface area contributed by atoms with Crippen molar-refractivity contribution in [3.05, 3.63) is 60.2 Å². The molecule has 0 radical (unpaired) electrons. The monoisotopic (exact) mass is 402 g/mol. The first kappa shape index (κ1) is 18.0. The molecule has 3 amide bonds. The Morgan fingerprint density at radius 3 is 1.67 bits per heavy atom. The molecule has 2 aromatic rings. The first-order valence-corrected chi connectivity index (χ1v) is 11.0. The molecule has 3 heterocycles. The SMILES string of the molecule is CN1C(=O)N(C23CC4CC(CC(C4)C2)C3)C(=O)C1(c1ccncc1)c1ccncc1. The first-order chi connectivity index (χ1) is 14.5. The van der Waals surface area contributed by atoms with Crippen LogP contribution in [0.15, 0.2) is 49.1 Å². The van der Waals surface area contributed by atoms with Crippen LogP contribution in [-0.2, 0) is 10.3 Å². The number of imide groups is 1. The third kappa shape index (κ3) is 2.19. The molecule has 5 aliphatic rings. The number of pyridine rings is 2. The summed E-state index contributed by atoms with van der Waals surface area (Å²) in [4.78, 5) is 39.8. The molecule has 0 unspecified atom stereocenters. The Balaban J connectivity index is 1.53. The fourth-order valence-corrected chi connectivity index (χ4v) is 7.43. The van der Waals surface area contributed by atoms with Crippen molar-refractivity contribution in [2.24, 2.45) is 17.8 Å². The van der Waals surface area contributed by atoms with E-state index in [0.717, 1.165) is 30.4 Å². The Morgan fingerprint density at radius 1 is 0.800 bits per heavy atom. The second-order valence-corrected chi connectivity index (χ2v) is 9.81. The molecule has 4 saturated carbocycles. The summed E-state index contributed by atoms with van der Waals surface area (Å²) in [6, 6.07) is 7.24. The topological polar surface area (TPSA) is 66.4 Å². The molecule has 6 heteroatoms. The number of nitrogens with zero attached hydrogens (tertiary/aromatic N) is 4. The summed E-state index contributed by atoms with van der Waals surface area (Å²) in [5.41, 5.74) is 0.0548. The van der Waals surface area contributed by atoms with Gasteiger partial charge >= 0.3 is 6.03 Å². The van der Waals surface area contributed by atoms with E-state index < -0.39 is 5.54 Å². The van der Waals surface area contributed by atoms with Crippen LogP contribution in [0.2, 0.25) is 0 Å². The van der Waals surface area contributed by atoms with Crippen LogP contribution in [0.5, 0.6) is 0 Å². The van der Waals surface area contributed by atoms with Gasteiger partial charge in [-0.15, -0.1) is 0 Å². The third-order valence-electron chi connectivity index (χ3n) is 8.17. The molecule has 0 spiro atoms. The highest BCUT2D eigenvalue weighted by Gasteiger charge is 2.65. The molecule has 30 heavy (non-hydrogen) atoms. The van der Waals surface area contributed by atoms with Crippen molar-refractivity contribution in [2.75, 3.05) is 7.05 Å². The molecule has 7 rings (SSSR count). The Hall–Kier alpha value is -2.76. The maximum absolute atomic E-state index is 14.4. The lowest BCUT2D eigenvalue weighted by molar-refractivity contribution is -0.144. The number of aromatic nitrogens is 2. The van der Waals surface area contributed by atoms with E-state index >= 15 is 0 Å². The summed E-state index contributed by atoms with van der Waals surface area (Å²) < 4.78 is 0. The molecular formula is C24H26N4O2. The summed E-state index contributed by atoms with van der Waals surface area (Å²) in [5.74, 6) is 1.84. The van der Waals surface area contributed by atoms with E-state index in [0.29, 0.717) is 17.8 Å². The van der Waals surface area contributed by atoms with Gasteiger partial charge in [0.15, 0.2) is 5.54 Å². The summed E-state index contributed by atoms with van der Waals surface area (Å²) in [6.07, 6.45) is 13.5. The molecule has 4 aliphatic carbocycles. The number of amides is 3. The smallest absolute Gasteiger partial charge is 0.305 e. The van der Waals surface area contributed by atoms with Crippen molar-refractivity contribution in [3.8, 4) is 0 Å². The number of hydrogen-bond donors (Lipinski definition) is 0. The van der Waals surface area contributed by atoms with Crippen LogP contribution in [-0.4, -0.2) is 44.3 Å². The van der Waals surface area contributed by atoms with Gasteiger partial charge in [0, 0.05) is 31.8 Å². The Bertz CT molecular complexity index is 932. The lowest BCUT2D eigenvalue weighted by Gasteiger charge is -2.58. The van der Waals surface area contributed by atoms with Gasteiger partial charge in [-0.2, -0.15) is 0 Å². The van der Waals surface area contributed by atoms with Crippen molar-refractivity contribution in [2.45, 2.75) is 49.6 Å². The van der Waals surface area contributed by atoms with Crippen LogP contribution in [0.25, 0.3) is 0 Å². The van der Waals surface area contributed by atoms with Gasteiger partial charge in [-0.05, 0) is 91.7 Å². The van der Waals surface area contributed by atoms with Gasteiger partial charge in [-0.25, -0.2) is 4.79 Å². The highest BCUT2D eigenvalue weighted by atomic mass is 16.2. The molecule has 5 fully saturated rings. The van der Waals surface area contributed by atoms with Crippen molar-refractivity contribution >= 4 is 11.9 Å². The molecule has 0 aromatic carbocycles. The van der Waals surface area contributed by atoms with Gasteiger partial charge in [0.2, 0.25) is 0 Å². The van der Waals surface area contributed by atoms with E-state index in [1.165, 1.54) is 19.3 Å². The Morgan fingerprint density at radius 2 is 1.23 bits per heavy atom. The number of urea groups is 1. The predicted molar refractivity (Wildman–Crippen MR) is 110 cm³/mol. The van der Waals surface area contributed by atoms with Gasteiger partial charge in [-0.3, -0.25) is 19.7 Å². The summed E-state index contributed by atoms with van der Waals surface area (Å²) in [6.45, 7) is 0. The minimum Gasteiger partial charge on any atom is -0.305 e. The van der Waals surface area contributed by atoms with E-state index in [9.17, 15) is 9.59 Å². The molecule has 1 aliphatic heterocycles. The fraction of sp³-hybridized carbons (Fsp3) is 0.500. The lowest BCUT2D eigenvalue weighted by atomic mass is 9.52. The summed E-state index contributed by atoms with van der Waals surface area (Å²) in [5, 5.41) is 0. The predicted octanol–water partition coefficient (Wildman–Crippen LogP) is 3.58. The second-order valence-electron chi connectivity index (χ2n) is 9.81. The molecule has 2 aromatic heterocycles. The molecule has 0 N–H and O–H groups in total. The average molecular weight is 402 g/mol. The quantitative estimate of drug-likeness (QED) is 0.736. The Kier molecular flexibility index (Phi) is 3.68. The zero-order chi connectivity index (χ0) is 20.5. The Labute approximate surface area is 176 Å². The van der Waals surface area contributed by atoms with Crippen LogP contribution in [0.3, 0.4) is 0 Å². The standard InChI is InChI=1S/C24H26N4O2/c1-27-22(30)28(23-13-16-10-17(14-23)12-18(11-16)15-23)21(29)24(27,19-2-6-25-7-3-19)20-4-8-26-9-5-20/h2-9,16-18H,10-15H2,1H3. The first-order valence-electron chi connectivity index (χ1n) is 11.0. The van der Waals surface area contributed by atoms with Crippen LogP contribution in [0, 0.1) is 17.8 Å². The zero-order valence-corrected chi connectivity index (χ0v) is 17.2. The summed E-state index contributed by atoms with van der Waals surface area (Å²) in [7, 11) is 1.77. The van der Waals surface area contributed by atoms with Crippen LogP contribution in [0.4, 0.5) is 4.79 Å². The average Bonchev–Trinajstić information content (AvgIpc) is 2.95. The third-order valence-corrected chi connectivity index (χ3v) is 8.17. The molecule has 6 nitrogen and oxygen atoms in total. The maximum Gasteiger partial charge on any atom is 0.328 e. The second kappa shape index (κ2) is 6.13. The van der Waals surface area contributed by atoms with E-state index in [-0.39, 0.29) is 17.5 Å². The lowest BCUT2D eigenvalue weighted by Crippen LogP contribution is -2.62. The van der Waals surface area contributed by atoms with E-state index in [1.54, 1.807) is 41.6 Å². The molecule has 4 bridgehead atoms. The number of likely N-dealkylation sites (N-methyl/N-ethyl adjacent to an activating group) is 1. The minimum atomic E-state index is -1.17. The zero-order valence-electron chi connectivity index (χ0n) is 17.2. The van der Waals surface area contributed by atoms with Crippen molar-refractivity contribution in [3.63, 3.8) is 0 Å². The van der Waals surface area contributed by atoms with Crippen LogP contribution < -0.4 is 0 Å². The largest absolute Gasteiger partial charge is 0.328 e. The van der Waals surface area contributed by atoms with E-state index in [4.69, 9.17) is 0 Å². The van der Waals surface area contributed by atoms with Crippen LogP contribution in [0.1, 0.15) is 49.7 Å². The number of carbonyl (C=O) groups is 2. The van der Waals surface area contributed by atoms with Gasteiger partial charge in [0.05, 0.1) is 5.54 Å². The van der Waals surface area contributed by atoms with Gasteiger partial charge in [0.1, 0.15) is 0 Å². The highest BCUT2D eigenvalue weighted by Crippen LogP contribution is 2.60. The summed E-state index contributed by atoms with van der Waals surface area (Å²) >= 11 is 0. The van der Waals surface area contributed by atoms with E-state index in [2.05, 4.69) is 9.97 Å². The molecule has 0 atom stereocenters. The maximum atomic E-state index is 14.4. The van der Waals surface area contributed by atoms with Gasteiger partial charge < -0.3 is 4.90 Å². The van der Waals surface area contributed by atoms with E-state index in [1.807, 2.05) is 24.3 Å². The minimum absolute atomic E-state index is 0.116. The number of carbonyl (C=O) groups excluding carboxylic acids is 2. The normalized spacial score (nSPS) is 34.1. The highest BCUT2D eigenvalue weighted by molar-refractivity contribution is 6.10. The fourth-order valence-electron chi connectivity index (χ4n) is 7.43. The van der Waals surface area contributed by atoms with Crippen LogP contribution >= 0.6 is 0 Å². The van der Waals surface area contributed by atoms with Gasteiger partial charge in [0.25, 0.3) is 5.91 Å². The van der Waals surface area contributed by atoms with Crippen molar-refractivity contribution < 1.29 is 9.59 Å². The van der Waals surface area contributed by atoms with Crippen molar-refractivity contribution in [1.82, 2.24) is 19.8 Å². The molecule has 154 valence electrons. The number of rotatable bonds is 3. The van der Waals surface area contributed by atoms with Crippen molar-refractivity contribution in [1.29, 1.82) is 0 Å². The molecular weight excluding hydrogens is 376 g/mol.